The molecule has 0 amide bonds. The number of hydrogen-bond acceptors (Lipinski definition) is 6. The van der Waals surface area contributed by atoms with E-state index in [2.05, 4.69) is 4.98 Å². The molecule has 0 fully saturated rings. The number of carboxylic acids is 1. The number of nitrogens with zero attached hydrogens (tertiary/aromatic N) is 2. The smallest absolute Gasteiger partial charge is 0.321 e. The van der Waals surface area contributed by atoms with E-state index < -0.39 is 16.9 Å². The predicted octanol–water partition coefficient (Wildman–Crippen LogP) is 0.494. The van der Waals surface area contributed by atoms with E-state index in [-0.39, 0.29) is 16.5 Å². The highest BCUT2D eigenvalue weighted by Gasteiger charge is 2.18. The van der Waals surface area contributed by atoms with Crippen LogP contribution in [-0.2, 0) is 4.79 Å². The number of nitrogens with two attached hydrogens (primary N) is 1. The van der Waals surface area contributed by atoms with Gasteiger partial charge in [-0.1, -0.05) is 11.8 Å². The molecule has 3 N–H and O–H groups in total. The zero-order valence-corrected chi connectivity index (χ0v) is 8.88. The second kappa shape index (κ2) is 5.42. The number of hydrogen-bond donors (Lipinski definition) is 2. The van der Waals surface area contributed by atoms with Gasteiger partial charge in [-0.3, -0.25) is 14.9 Å². The molecule has 1 unspecified atom stereocenters. The Bertz CT molecular complexity index is 412. The van der Waals surface area contributed by atoms with E-state index in [0.29, 0.717) is 0 Å². The minimum atomic E-state index is -1.15. The quantitative estimate of drug-likeness (QED) is 0.438. The maximum absolute atomic E-state index is 10.6. The molecule has 0 aromatic carbocycles. The maximum atomic E-state index is 10.6. The van der Waals surface area contributed by atoms with Crippen molar-refractivity contribution in [2.45, 2.75) is 11.1 Å². The van der Waals surface area contributed by atoms with Crippen molar-refractivity contribution in [3.05, 3.63) is 28.4 Å². The van der Waals surface area contributed by atoms with Gasteiger partial charge in [0.1, 0.15) is 6.04 Å². The Kier molecular flexibility index (Phi) is 4.20. The zero-order chi connectivity index (χ0) is 12.1. The lowest BCUT2D eigenvalue weighted by Crippen LogP contribution is -2.32. The molecule has 8 heteroatoms. The fourth-order valence-electron chi connectivity index (χ4n) is 0.872. The highest BCUT2D eigenvalue weighted by Crippen LogP contribution is 2.26. The van der Waals surface area contributed by atoms with Gasteiger partial charge in [-0.05, 0) is 6.07 Å². The van der Waals surface area contributed by atoms with Crippen LogP contribution in [0, 0.1) is 10.1 Å². The van der Waals surface area contributed by atoms with Crippen LogP contribution in [-0.4, -0.2) is 32.8 Å². The van der Waals surface area contributed by atoms with Gasteiger partial charge in [-0.15, -0.1) is 0 Å². The van der Waals surface area contributed by atoms with E-state index in [4.69, 9.17) is 10.8 Å². The number of thioether (sulfide) groups is 1. The van der Waals surface area contributed by atoms with Crippen molar-refractivity contribution in [3.63, 3.8) is 0 Å². The largest absolute Gasteiger partial charge is 0.480 e. The Morgan fingerprint density at radius 1 is 1.75 bits per heavy atom. The Hall–Kier alpha value is -1.67. The van der Waals surface area contributed by atoms with Crippen molar-refractivity contribution < 1.29 is 14.8 Å². The highest BCUT2D eigenvalue weighted by atomic mass is 32.2. The van der Waals surface area contributed by atoms with Gasteiger partial charge in [0, 0.05) is 18.0 Å². The molecule has 16 heavy (non-hydrogen) atoms. The summed E-state index contributed by atoms with van der Waals surface area (Å²) in [6.07, 6.45) is 1.40. The van der Waals surface area contributed by atoms with E-state index >= 15 is 0 Å². The van der Waals surface area contributed by atoms with Crippen LogP contribution in [0.2, 0.25) is 0 Å². The average Bonchev–Trinajstić information content (AvgIpc) is 2.25. The summed E-state index contributed by atoms with van der Waals surface area (Å²) in [5, 5.41) is 19.3. The van der Waals surface area contributed by atoms with Crippen molar-refractivity contribution in [3.8, 4) is 0 Å². The van der Waals surface area contributed by atoms with Crippen LogP contribution in [0.3, 0.4) is 0 Å². The molecule has 0 saturated carbocycles. The van der Waals surface area contributed by atoms with Gasteiger partial charge in [-0.25, -0.2) is 4.98 Å². The van der Waals surface area contributed by atoms with Gasteiger partial charge in [-0.2, -0.15) is 0 Å². The van der Waals surface area contributed by atoms with Gasteiger partial charge in [0.05, 0.1) is 4.92 Å². The third kappa shape index (κ3) is 3.17. The molecule has 0 aliphatic rings. The van der Waals surface area contributed by atoms with E-state index in [9.17, 15) is 14.9 Å². The number of rotatable bonds is 5. The molecule has 0 spiro atoms. The zero-order valence-electron chi connectivity index (χ0n) is 8.07. The monoisotopic (exact) mass is 243 g/mol. The molecule has 1 atom stereocenters. The summed E-state index contributed by atoms with van der Waals surface area (Å²) < 4.78 is 0. The lowest BCUT2D eigenvalue weighted by Gasteiger charge is -2.05. The van der Waals surface area contributed by atoms with Gasteiger partial charge < -0.3 is 10.8 Å². The van der Waals surface area contributed by atoms with Gasteiger partial charge in [0.2, 0.25) is 0 Å². The normalized spacial score (nSPS) is 12.1. The van der Waals surface area contributed by atoms with E-state index in [0.717, 1.165) is 11.8 Å². The summed E-state index contributed by atoms with van der Waals surface area (Å²) in [4.78, 5) is 24.3. The SMILES string of the molecule is NC(CSc1ncccc1[N+](=O)[O-])C(=O)O. The van der Waals surface area contributed by atoms with Crippen LogP contribution < -0.4 is 5.73 Å². The van der Waals surface area contributed by atoms with Crippen LogP contribution in [0.25, 0.3) is 0 Å². The first-order chi connectivity index (χ1) is 7.52. The number of pyridine rings is 1. The third-order valence-corrected chi connectivity index (χ3v) is 2.78. The first kappa shape index (κ1) is 12.4. The van der Waals surface area contributed by atoms with Crippen molar-refractivity contribution in [2.24, 2.45) is 5.73 Å². The standard InChI is InChI=1S/C8H9N3O4S/c9-5(8(12)13)4-16-7-6(11(14)15)2-1-3-10-7/h1-3,5H,4,9H2,(H,12,13). The topological polar surface area (TPSA) is 119 Å². The van der Waals surface area contributed by atoms with Crippen molar-refractivity contribution in [2.75, 3.05) is 5.75 Å². The minimum Gasteiger partial charge on any atom is -0.480 e. The Balaban J connectivity index is 2.74. The molecular formula is C8H9N3O4S. The molecule has 0 aliphatic heterocycles. The number of aliphatic carboxylic acids is 1. The fourth-order valence-corrected chi connectivity index (χ4v) is 1.78. The van der Waals surface area contributed by atoms with Gasteiger partial charge >= 0.3 is 11.7 Å². The van der Waals surface area contributed by atoms with Crippen LogP contribution >= 0.6 is 11.8 Å². The van der Waals surface area contributed by atoms with Crippen LogP contribution in [0.5, 0.6) is 0 Å². The Labute approximate surface area is 94.8 Å². The molecule has 1 heterocycles. The van der Waals surface area contributed by atoms with E-state index in [1.165, 1.54) is 18.3 Å². The molecule has 7 nitrogen and oxygen atoms in total. The minimum absolute atomic E-state index is 0.0349. The summed E-state index contributed by atoms with van der Waals surface area (Å²) >= 11 is 0.953. The lowest BCUT2D eigenvalue weighted by molar-refractivity contribution is -0.388. The second-order valence-electron chi connectivity index (χ2n) is 2.84. The third-order valence-electron chi connectivity index (χ3n) is 1.66. The molecule has 1 aromatic heterocycles. The Morgan fingerprint density at radius 2 is 2.44 bits per heavy atom. The molecule has 1 aromatic rings. The van der Waals surface area contributed by atoms with Gasteiger partial charge in [0.15, 0.2) is 5.03 Å². The molecule has 0 saturated heterocycles. The van der Waals surface area contributed by atoms with Gasteiger partial charge in [0.25, 0.3) is 0 Å². The summed E-state index contributed by atoms with van der Waals surface area (Å²) in [5.74, 6) is -1.11. The molecule has 0 aliphatic carbocycles. The number of carbonyl (C=O) groups is 1. The van der Waals surface area contributed by atoms with Crippen LogP contribution in [0.15, 0.2) is 23.4 Å². The fraction of sp³-hybridized carbons (Fsp3) is 0.250. The second-order valence-corrected chi connectivity index (χ2v) is 3.85. The van der Waals surface area contributed by atoms with E-state index in [1.807, 2.05) is 0 Å². The van der Waals surface area contributed by atoms with Crippen molar-refractivity contribution in [1.82, 2.24) is 4.98 Å². The maximum Gasteiger partial charge on any atom is 0.321 e. The number of carboxylic acid groups (broad SMARTS) is 1. The van der Waals surface area contributed by atoms with E-state index in [1.54, 1.807) is 0 Å². The first-order valence-corrected chi connectivity index (χ1v) is 5.21. The molecule has 1 rings (SSSR count). The molecule has 86 valence electrons. The lowest BCUT2D eigenvalue weighted by atomic mass is 10.4. The van der Waals surface area contributed by atoms with Crippen LogP contribution in [0.1, 0.15) is 0 Å². The first-order valence-electron chi connectivity index (χ1n) is 4.23. The average molecular weight is 243 g/mol. The molecule has 0 radical (unpaired) electrons. The summed E-state index contributed by atoms with van der Waals surface area (Å²) in [6, 6.07) is 1.69. The summed E-state index contributed by atoms with van der Waals surface area (Å²) in [7, 11) is 0. The highest BCUT2D eigenvalue weighted by molar-refractivity contribution is 7.99. The molecule has 0 bridgehead atoms. The van der Waals surface area contributed by atoms with Crippen LogP contribution in [0.4, 0.5) is 5.69 Å². The van der Waals surface area contributed by atoms with Crippen molar-refractivity contribution >= 4 is 23.4 Å². The van der Waals surface area contributed by atoms with Crippen molar-refractivity contribution in [1.29, 1.82) is 0 Å². The Morgan fingerprint density at radius 3 is 3.00 bits per heavy atom. The predicted molar refractivity (Wildman–Crippen MR) is 57.2 cm³/mol. The number of nitro groups is 1. The number of aromatic nitrogens is 1. The molecular weight excluding hydrogens is 234 g/mol. The summed E-state index contributed by atoms with van der Waals surface area (Å²) in [6.45, 7) is 0. The summed E-state index contributed by atoms with van der Waals surface area (Å²) in [5.41, 5.74) is 5.12.